The third-order valence-electron chi connectivity index (χ3n) is 6.27. The Bertz CT molecular complexity index is 1080. The van der Waals surface area contributed by atoms with Crippen molar-refractivity contribution in [2.24, 2.45) is 5.92 Å². The highest BCUT2D eigenvalue weighted by Gasteiger charge is 2.38. The van der Waals surface area contributed by atoms with Gasteiger partial charge in [-0.2, -0.15) is 0 Å². The minimum absolute atomic E-state index is 0.172. The second-order valence-electron chi connectivity index (χ2n) is 8.74. The number of esters is 1. The van der Waals surface area contributed by atoms with E-state index in [2.05, 4.69) is 34.5 Å². The summed E-state index contributed by atoms with van der Waals surface area (Å²) in [6.07, 6.45) is 1.92. The molecule has 1 aliphatic rings. The van der Waals surface area contributed by atoms with E-state index in [-0.39, 0.29) is 11.9 Å². The first kappa shape index (κ1) is 23.7. The van der Waals surface area contributed by atoms with Crippen LogP contribution in [0.1, 0.15) is 46.8 Å². The molecule has 4 rings (SSSR count). The Morgan fingerprint density at radius 1 is 0.912 bits per heavy atom. The van der Waals surface area contributed by atoms with Crippen molar-refractivity contribution in [3.05, 3.63) is 107 Å². The quantitative estimate of drug-likeness (QED) is 0.494. The number of nitrogens with zero attached hydrogens (tertiary/aromatic N) is 1. The lowest BCUT2D eigenvalue weighted by molar-refractivity contribution is -0.153. The smallest absolute Gasteiger partial charge is 0.312 e. The number of nitrogens with one attached hydrogen (secondary N) is 1. The Balaban J connectivity index is 1.53. The molecule has 2 atom stereocenters. The molecule has 0 aromatic heterocycles. The summed E-state index contributed by atoms with van der Waals surface area (Å²) in [5.41, 5.74) is 4.02. The van der Waals surface area contributed by atoms with Crippen molar-refractivity contribution >= 4 is 11.9 Å². The molecule has 1 amide bonds. The third kappa shape index (κ3) is 6.12. The molecule has 1 N–H and O–H groups in total. The van der Waals surface area contributed by atoms with Crippen molar-refractivity contribution in [1.29, 1.82) is 0 Å². The van der Waals surface area contributed by atoms with Crippen molar-refractivity contribution in [2.45, 2.75) is 38.9 Å². The fourth-order valence-corrected chi connectivity index (χ4v) is 4.62. The number of hydrogen-bond donors (Lipinski definition) is 1. The zero-order valence-electron chi connectivity index (χ0n) is 19.7. The summed E-state index contributed by atoms with van der Waals surface area (Å²) < 4.78 is 5.37. The number of carbonyl (C=O) groups excluding carboxylic acids is 2. The highest BCUT2D eigenvalue weighted by Crippen LogP contribution is 2.26. The number of carbonyl (C=O) groups is 2. The Morgan fingerprint density at radius 3 is 2.29 bits per heavy atom. The first-order chi connectivity index (χ1) is 16.6. The van der Waals surface area contributed by atoms with Gasteiger partial charge in [-0.1, -0.05) is 72.8 Å². The number of piperidine rings is 1. The molecule has 0 spiro atoms. The monoisotopic (exact) mass is 456 g/mol. The largest absolute Gasteiger partial charge is 0.466 e. The minimum Gasteiger partial charge on any atom is -0.466 e. The van der Waals surface area contributed by atoms with E-state index in [1.807, 2.05) is 67.6 Å². The van der Waals surface area contributed by atoms with Crippen molar-refractivity contribution in [3.8, 4) is 0 Å². The number of ether oxygens (including phenoxy) is 1. The summed E-state index contributed by atoms with van der Waals surface area (Å²) in [5, 5.41) is 3.17. The van der Waals surface area contributed by atoms with E-state index in [1.165, 1.54) is 5.56 Å². The second-order valence-corrected chi connectivity index (χ2v) is 8.74. The van der Waals surface area contributed by atoms with E-state index in [0.29, 0.717) is 25.1 Å². The van der Waals surface area contributed by atoms with Gasteiger partial charge in [-0.25, -0.2) is 0 Å². The van der Waals surface area contributed by atoms with Gasteiger partial charge in [0.05, 0.1) is 18.7 Å². The topological polar surface area (TPSA) is 58.6 Å². The molecule has 2 unspecified atom stereocenters. The molecule has 1 fully saturated rings. The molecule has 0 saturated carbocycles. The average molecular weight is 457 g/mol. The molecule has 3 aromatic rings. The van der Waals surface area contributed by atoms with Crippen LogP contribution in [0.25, 0.3) is 0 Å². The summed E-state index contributed by atoms with van der Waals surface area (Å²) in [7, 11) is 0. The highest BCUT2D eigenvalue weighted by atomic mass is 16.5. The molecular weight excluding hydrogens is 424 g/mol. The lowest BCUT2D eigenvalue weighted by atomic mass is 9.93. The average Bonchev–Trinajstić information content (AvgIpc) is 2.86. The third-order valence-corrected chi connectivity index (χ3v) is 6.27. The van der Waals surface area contributed by atoms with Crippen LogP contribution in [0.3, 0.4) is 0 Å². The van der Waals surface area contributed by atoms with E-state index in [0.717, 1.165) is 30.5 Å². The van der Waals surface area contributed by atoms with Crippen molar-refractivity contribution in [2.75, 3.05) is 13.2 Å². The van der Waals surface area contributed by atoms with Crippen molar-refractivity contribution in [3.63, 3.8) is 0 Å². The SMILES string of the molecule is CCOC(=O)C1CCCN(Cc2ccccc2)C1NC(=O)c1cccc(Cc2ccccc2)c1. The summed E-state index contributed by atoms with van der Waals surface area (Å²) in [5.74, 6) is -0.813. The number of amides is 1. The van der Waals surface area contributed by atoms with E-state index >= 15 is 0 Å². The van der Waals surface area contributed by atoms with Crippen molar-refractivity contribution in [1.82, 2.24) is 10.2 Å². The Morgan fingerprint density at radius 2 is 1.59 bits per heavy atom. The minimum atomic E-state index is -0.418. The van der Waals surface area contributed by atoms with Gasteiger partial charge in [0.15, 0.2) is 0 Å². The number of hydrogen-bond acceptors (Lipinski definition) is 4. The van der Waals surface area contributed by atoms with Crippen molar-refractivity contribution < 1.29 is 14.3 Å². The van der Waals surface area contributed by atoms with Gasteiger partial charge in [0, 0.05) is 18.7 Å². The maximum absolute atomic E-state index is 13.4. The molecule has 1 aliphatic heterocycles. The predicted octanol–water partition coefficient (Wildman–Crippen LogP) is 4.81. The van der Waals surface area contributed by atoms with Crippen LogP contribution in [0.2, 0.25) is 0 Å². The molecule has 1 saturated heterocycles. The van der Waals surface area contributed by atoms with Gasteiger partial charge in [-0.15, -0.1) is 0 Å². The van der Waals surface area contributed by atoms with Crippen LogP contribution in [-0.4, -0.2) is 36.1 Å². The summed E-state index contributed by atoms with van der Waals surface area (Å²) in [4.78, 5) is 28.3. The van der Waals surface area contributed by atoms with Crippen LogP contribution in [0.5, 0.6) is 0 Å². The van der Waals surface area contributed by atoms with E-state index in [9.17, 15) is 9.59 Å². The van der Waals surface area contributed by atoms with Gasteiger partial charge in [-0.3, -0.25) is 14.5 Å². The predicted molar refractivity (Wildman–Crippen MR) is 133 cm³/mol. The van der Waals surface area contributed by atoms with E-state index in [1.54, 1.807) is 0 Å². The van der Waals surface area contributed by atoms with Gasteiger partial charge < -0.3 is 10.1 Å². The lowest BCUT2D eigenvalue weighted by Gasteiger charge is -2.40. The fourth-order valence-electron chi connectivity index (χ4n) is 4.62. The molecule has 0 aliphatic carbocycles. The van der Waals surface area contributed by atoms with Gasteiger partial charge in [0.2, 0.25) is 0 Å². The van der Waals surface area contributed by atoms with Crippen LogP contribution >= 0.6 is 0 Å². The normalized spacial score (nSPS) is 18.3. The number of benzene rings is 3. The molecule has 3 aromatic carbocycles. The van der Waals surface area contributed by atoms with Gasteiger partial charge in [0.1, 0.15) is 0 Å². The van der Waals surface area contributed by atoms with E-state index in [4.69, 9.17) is 4.74 Å². The molecule has 5 heteroatoms. The van der Waals surface area contributed by atoms with Gasteiger partial charge in [0.25, 0.3) is 5.91 Å². The summed E-state index contributed by atoms with van der Waals surface area (Å²) in [6, 6.07) is 28.1. The molecule has 34 heavy (non-hydrogen) atoms. The lowest BCUT2D eigenvalue weighted by Crippen LogP contribution is -2.57. The number of likely N-dealkylation sites (tertiary alicyclic amines) is 1. The fraction of sp³-hybridized carbons (Fsp3) is 0.310. The van der Waals surface area contributed by atoms with Gasteiger partial charge in [-0.05, 0) is 55.0 Å². The zero-order chi connectivity index (χ0) is 23.8. The van der Waals surface area contributed by atoms with Crippen LogP contribution in [0.4, 0.5) is 0 Å². The molecule has 0 radical (unpaired) electrons. The van der Waals surface area contributed by atoms with Crippen LogP contribution in [0.15, 0.2) is 84.9 Å². The van der Waals surface area contributed by atoms with Crippen LogP contribution in [-0.2, 0) is 22.5 Å². The zero-order valence-corrected chi connectivity index (χ0v) is 19.7. The van der Waals surface area contributed by atoms with E-state index < -0.39 is 12.1 Å². The second kappa shape index (κ2) is 11.6. The molecular formula is C29H32N2O3. The first-order valence-corrected chi connectivity index (χ1v) is 12.0. The van der Waals surface area contributed by atoms with Crippen LogP contribution in [0, 0.1) is 5.92 Å². The first-order valence-electron chi connectivity index (χ1n) is 12.0. The Kier molecular flexibility index (Phi) is 8.10. The highest BCUT2D eigenvalue weighted by molar-refractivity contribution is 5.95. The van der Waals surface area contributed by atoms with Gasteiger partial charge >= 0.3 is 5.97 Å². The van der Waals surface area contributed by atoms with Crippen LogP contribution < -0.4 is 5.32 Å². The maximum Gasteiger partial charge on any atom is 0.312 e. The summed E-state index contributed by atoms with van der Waals surface area (Å²) >= 11 is 0. The standard InChI is InChI=1S/C29H32N2O3/c1-2-34-29(33)26-17-10-18-31(21-23-13-7-4-8-14-23)27(26)30-28(32)25-16-9-15-24(20-25)19-22-11-5-3-6-12-22/h3-9,11-16,20,26-27H,2,10,17-19,21H2,1H3,(H,30,32). The molecule has 176 valence electrons. The Hall–Kier alpha value is -3.44. The number of rotatable bonds is 8. The summed E-state index contributed by atoms with van der Waals surface area (Å²) in [6.45, 7) is 3.62. The maximum atomic E-state index is 13.4. The molecule has 0 bridgehead atoms. The molecule has 5 nitrogen and oxygen atoms in total. The molecule has 1 heterocycles. The Labute approximate surface area is 201 Å².